The molecule has 4 atom stereocenters. The Hall–Kier alpha value is -3.02. The molecule has 0 bridgehead atoms. The number of rotatable bonds is 8. The predicted molar refractivity (Wildman–Crippen MR) is 142 cm³/mol. The predicted octanol–water partition coefficient (Wildman–Crippen LogP) is 2.48. The van der Waals surface area contributed by atoms with E-state index < -0.39 is 35.6 Å². The van der Waals surface area contributed by atoms with Gasteiger partial charge in [-0.15, -0.1) is 11.3 Å². The number of likely N-dealkylation sites (tertiary alicyclic amines) is 1. The maximum absolute atomic E-state index is 13.5. The molecular weight excluding hydrogens is 494 g/mol. The number of β-amino-alcohol motifs (C(OH)–C–C–N with tert-alkyl or cyclic N) is 1. The van der Waals surface area contributed by atoms with Gasteiger partial charge in [0.2, 0.25) is 11.8 Å². The fourth-order valence-electron chi connectivity index (χ4n) is 4.56. The number of nitrogens with one attached hydrogen (secondary N) is 2. The Morgan fingerprint density at radius 1 is 1.19 bits per heavy atom. The van der Waals surface area contributed by atoms with E-state index >= 15 is 0 Å². The monoisotopic (exact) mass is 531 g/mol. The second-order valence-electron chi connectivity index (χ2n) is 10.9. The first kappa shape index (κ1) is 28.5. The van der Waals surface area contributed by atoms with Gasteiger partial charge in [0, 0.05) is 19.5 Å². The summed E-state index contributed by atoms with van der Waals surface area (Å²) in [6, 6.07) is 5.63. The minimum Gasteiger partial charge on any atom is -0.465 e. The Morgan fingerprint density at radius 3 is 2.35 bits per heavy atom. The molecule has 1 aliphatic heterocycles. The standard InChI is InChI=1S/C26H37N5O5S/c1-15-21(37-14-27-15)17-9-7-16(8-10-17)19(13-30(5)6)28-23(33)20-11-18(32)12-31(20)24(34)22(26(2,3)4)29-25(35)36/h7-10,14,18-20,22,29,32H,11-13H2,1-6H3,(H,28,33)(H,35,36)/t18-,19?,20+,22-/m1/s1. The second kappa shape index (κ2) is 11.6. The van der Waals surface area contributed by atoms with Crippen molar-refractivity contribution in [2.45, 2.75) is 58.3 Å². The number of nitrogens with zero attached hydrogens (tertiary/aromatic N) is 3. The Bertz CT molecular complexity index is 1110. The molecule has 3 amide bonds. The van der Waals surface area contributed by atoms with Crippen LogP contribution in [0.2, 0.25) is 0 Å². The van der Waals surface area contributed by atoms with E-state index in [9.17, 15) is 24.6 Å². The van der Waals surface area contributed by atoms with Gasteiger partial charge in [0.15, 0.2) is 0 Å². The number of amides is 3. The van der Waals surface area contributed by atoms with E-state index in [0.717, 1.165) is 21.7 Å². The van der Waals surface area contributed by atoms with Crippen molar-refractivity contribution in [3.8, 4) is 10.4 Å². The van der Waals surface area contributed by atoms with Gasteiger partial charge < -0.3 is 30.6 Å². The van der Waals surface area contributed by atoms with E-state index in [1.807, 2.05) is 55.7 Å². The molecule has 3 rings (SSSR count). The number of hydrogen-bond donors (Lipinski definition) is 4. The normalized spacial score (nSPS) is 19.5. The highest BCUT2D eigenvalue weighted by atomic mass is 32.1. The summed E-state index contributed by atoms with van der Waals surface area (Å²) in [4.78, 5) is 46.9. The number of aliphatic hydroxyl groups is 1. The van der Waals surface area contributed by atoms with Gasteiger partial charge in [-0.25, -0.2) is 9.78 Å². The lowest BCUT2D eigenvalue weighted by Crippen LogP contribution is -2.57. The molecule has 2 heterocycles. The summed E-state index contributed by atoms with van der Waals surface area (Å²) in [7, 11) is 3.82. The van der Waals surface area contributed by atoms with Crippen LogP contribution in [0.5, 0.6) is 0 Å². The highest BCUT2D eigenvalue weighted by Gasteiger charge is 2.44. The van der Waals surface area contributed by atoms with Crippen LogP contribution < -0.4 is 10.6 Å². The van der Waals surface area contributed by atoms with Crippen LogP contribution in [-0.4, -0.2) is 88.3 Å². The first-order chi connectivity index (χ1) is 17.3. The van der Waals surface area contributed by atoms with Crippen molar-refractivity contribution in [1.29, 1.82) is 0 Å². The van der Waals surface area contributed by atoms with Crippen molar-refractivity contribution in [1.82, 2.24) is 25.4 Å². The molecule has 37 heavy (non-hydrogen) atoms. The van der Waals surface area contributed by atoms with Crippen LogP contribution >= 0.6 is 11.3 Å². The average molecular weight is 532 g/mol. The molecule has 1 aliphatic rings. The third-order valence-corrected chi connectivity index (χ3v) is 7.41. The third-order valence-electron chi connectivity index (χ3n) is 6.43. The molecule has 1 aromatic heterocycles. The summed E-state index contributed by atoms with van der Waals surface area (Å²) in [6.45, 7) is 7.70. The molecule has 4 N–H and O–H groups in total. The molecule has 0 saturated carbocycles. The van der Waals surface area contributed by atoms with Crippen LogP contribution in [0, 0.1) is 12.3 Å². The van der Waals surface area contributed by atoms with E-state index in [2.05, 4.69) is 15.6 Å². The van der Waals surface area contributed by atoms with Gasteiger partial charge in [-0.1, -0.05) is 45.0 Å². The van der Waals surface area contributed by atoms with E-state index in [1.165, 1.54) is 4.90 Å². The average Bonchev–Trinajstić information content (AvgIpc) is 3.41. The number of carbonyl (C=O) groups excluding carboxylic acids is 2. The lowest BCUT2D eigenvalue weighted by Gasteiger charge is -2.35. The summed E-state index contributed by atoms with van der Waals surface area (Å²) < 4.78 is 0. The number of thiazole rings is 1. The van der Waals surface area contributed by atoms with Crippen molar-refractivity contribution < 1.29 is 24.6 Å². The highest BCUT2D eigenvalue weighted by Crippen LogP contribution is 2.29. The summed E-state index contributed by atoms with van der Waals surface area (Å²) >= 11 is 1.57. The zero-order valence-corrected chi connectivity index (χ0v) is 23.0. The number of likely N-dealkylation sites (N-methyl/N-ethyl adjacent to an activating group) is 1. The molecule has 0 aliphatic carbocycles. The molecule has 11 heteroatoms. The topological polar surface area (TPSA) is 135 Å². The van der Waals surface area contributed by atoms with Gasteiger partial charge in [0.1, 0.15) is 12.1 Å². The van der Waals surface area contributed by atoms with Gasteiger partial charge in [-0.2, -0.15) is 0 Å². The molecule has 0 radical (unpaired) electrons. The first-order valence-electron chi connectivity index (χ1n) is 12.2. The van der Waals surface area contributed by atoms with E-state index in [1.54, 1.807) is 32.1 Å². The summed E-state index contributed by atoms with van der Waals surface area (Å²) in [5, 5.41) is 25.0. The second-order valence-corrected chi connectivity index (χ2v) is 11.7. The fraction of sp³-hybridized carbons (Fsp3) is 0.538. The lowest BCUT2D eigenvalue weighted by molar-refractivity contribution is -0.142. The quantitative estimate of drug-likeness (QED) is 0.411. The summed E-state index contributed by atoms with van der Waals surface area (Å²) in [6.07, 6.45) is -2.11. The lowest BCUT2D eigenvalue weighted by atomic mass is 9.85. The van der Waals surface area contributed by atoms with Gasteiger partial charge in [0.25, 0.3) is 0 Å². The van der Waals surface area contributed by atoms with Crippen LogP contribution in [0.25, 0.3) is 10.4 Å². The Morgan fingerprint density at radius 2 is 1.84 bits per heavy atom. The van der Waals surface area contributed by atoms with E-state index in [-0.39, 0.29) is 24.9 Å². The van der Waals surface area contributed by atoms with E-state index in [4.69, 9.17) is 0 Å². The summed E-state index contributed by atoms with van der Waals surface area (Å²) in [5.41, 5.74) is 4.01. The number of carboxylic acid groups (broad SMARTS) is 1. The van der Waals surface area contributed by atoms with E-state index in [0.29, 0.717) is 6.54 Å². The van der Waals surface area contributed by atoms with Crippen LogP contribution in [-0.2, 0) is 9.59 Å². The zero-order chi connectivity index (χ0) is 27.5. The maximum Gasteiger partial charge on any atom is 0.405 e. The fourth-order valence-corrected chi connectivity index (χ4v) is 5.37. The van der Waals surface area contributed by atoms with Crippen LogP contribution in [0.3, 0.4) is 0 Å². The van der Waals surface area contributed by atoms with Gasteiger partial charge >= 0.3 is 6.09 Å². The van der Waals surface area contributed by atoms with Gasteiger partial charge in [-0.05, 0) is 37.6 Å². The molecule has 1 aromatic carbocycles. The van der Waals surface area contributed by atoms with Crippen molar-refractivity contribution in [3.05, 3.63) is 41.0 Å². The molecule has 202 valence electrons. The Labute approximate surface area is 221 Å². The van der Waals surface area contributed by atoms with Crippen molar-refractivity contribution in [3.63, 3.8) is 0 Å². The number of aromatic nitrogens is 1. The zero-order valence-electron chi connectivity index (χ0n) is 22.2. The first-order valence-corrected chi connectivity index (χ1v) is 13.1. The van der Waals surface area contributed by atoms with Crippen LogP contribution in [0.15, 0.2) is 29.8 Å². The van der Waals surface area contributed by atoms with Crippen molar-refractivity contribution >= 4 is 29.2 Å². The number of hydrogen-bond acceptors (Lipinski definition) is 7. The minimum atomic E-state index is -1.32. The van der Waals surface area contributed by atoms with Gasteiger partial charge in [-0.3, -0.25) is 9.59 Å². The van der Waals surface area contributed by atoms with Gasteiger partial charge in [0.05, 0.1) is 28.2 Å². The molecule has 2 aromatic rings. The number of benzene rings is 1. The molecule has 1 unspecified atom stereocenters. The Kier molecular flexibility index (Phi) is 8.93. The minimum absolute atomic E-state index is 0.0357. The molecule has 1 fully saturated rings. The largest absolute Gasteiger partial charge is 0.465 e. The molecular formula is C26H37N5O5S. The van der Waals surface area contributed by atoms with Crippen molar-refractivity contribution in [2.24, 2.45) is 5.41 Å². The SMILES string of the molecule is Cc1ncsc1-c1ccc(C(CN(C)C)NC(=O)[C@@H]2C[C@@H](O)CN2C(=O)[C@@H](NC(=O)O)C(C)(C)C)cc1. The van der Waals surface area contributed by atoms with Crippen molar-refractivity contribution in [2.75, 3.05) is 27.2 Å². The smallest absolute Gasteiger partial charge is 0.405 e. The molecule has 0 spiro atoms. The highest BCUT2D eigenvalue weighted by molar-refractivity contribution is 7.13. The van der Waals surface area contributed by atoms with Crippen LogP contribution in [0.1, 0.15) is 44.5 Å². The molecule has 1 saturated heterocycles. The third kappa shape index (κ3) is 7.06. The Balaban J connectivity index is 1.82. The number of aryl methyl sites for hydroxylation is 1. The summed E-state index contributed by atoms with van der Waals surface area (Å²) in [5.74, 6) is -0.915. The maximum atomic E-state index is 13.5. The number of aliphatic hydroxyl groups excluding tert-OH is 1. The number of carbonyl (C=O) groups is 3. The molecule has 10 nitrogen and oxygen atoms in total. The van der Waals surface area contributed by atoms with Crippen LogP contribution in [0.4, 0.5) is 4.79 Å².